The van der Waals surface area contributed by atoms with Gasteiger partial charge in [0.25, 0.3) is 5.91 Å². The fourth-order valence-corrected chi connectivity index (χ4v) is 2.29. The van der Waals surface area contributed by atoms with E-state index in [0.29, 0.717) is 17.3 Å². The Balaban J connectivity index is 2.05. The van der Waals surface area contributed by atoms with Crippen molar-refractivity contribution in [2.45, 2.75) is 52.0 Å². The van der Waals surface area contributed by atoms with Gasteiger partial charge in [0.2, 0.25) is 0 Å². The van der Waals surface area contributed by atoms with Gasteiger partial charge in [-0.3, -0.25) is 4.79 Å². The first-order valence-corrected chi connectivity index (χ1v) is 6.28. The van der Waals surface area contributed by atoms with Gasteiger partial charge in [-0.2, -0.15) is 10.2 Å². The minimum atomic E-state index is -0.00704. The summed E-state index contributed by atoms with van der Waals surface area (Å²) in [5.74, 6) is -0.00704. The lowest BCUT2D eigenvalue weighted by Crippen LogP contribution is -2.36. The quantitative estimate of drug-likeness (QED) is 0.851. The molecule has 1 fully saturated rings. The number of hydrogen-bond donors (Lipinski definition) is 1. The van der Waals surface area contributed by atoms with E-state index in [-0.39, 0.29) is 5.91 Å². The molecular weight excluding hydrogens is 214 g/mol. The lowest BCUT2D eigenvalue weighted by atomic mass is 9.95. The van der Waals surface area contributed by atoms with Crippen LogP contribution in [0.2, 0.25) is 0 Å². The Labute approximate surface area is 102 Å². The minimum absolute atomic E-state index is 0.00704. The summed E-state index contributed by atoms with van der Waals surface area (Å²) in [6.45, 7) is 3.67. The maximum atomic E-state index is 12.1. The van der Waals surface area contributed by atoms with Gasteiger partial charge in [0.05, 0.1) is 17.0 Å². The van der Waals surface area contributed by atoms with Crippen molar-refractivity contribution >= 4 is 5.91 Å². The van der Waals surface area contributed by atoms with Crippen LogP contribution in [0.25, 0.3) is 0 Å². The lowest BCUT2D eigenvalue weighted by Gasteiger charge is -2.23. The number of aromatic nitrogens is 2. The molecule has 0 spiro atoms. The summed E-state index contributed by atoms with van der Waals surface area (Å²) in [5, 5.41) is 11.0. The largest absolute Gasteiger partial charge is 0.349 e. The summed E-state index contributed by atoms with van der Waals surface area (Å²) < 4.78 is 0. The number of amides is 1. The molecule has 1 aliphatic carbocycles. The number of nitrogens with one attached hydrogen (secondary N) is 1. The molecule has 92 valence electrons. The van der Waals surface area contributed by atoms with E-state index in [4.69, 9.17) is 0 Å². The second kappa shape index (κ2) is 5.25. The van der Waals surface area contributed by atoms with Gasteiger partial charge in [0, 0.05) is 6.04 Å². The minimum Gasteiger partial charge on any atom is -0.349 e. The third kappa shape index (κ3) is 3.02. The average molecular weight is 233 g/mol. The van der Waals surface area contributed by atoms with Crippen LogP contribution in [0.3, 0.4) is 0 Å². The maximum absolute atomic E-state index is 12.1. The molecule has 0 saturated heterocycles. The molecule has 1 aromatic heterocycles. The van der Waals surface area contributed by atoms with Gasteiger partial charge in [-0.05, 0) is 32.8 Å². The standard InChI is InChI=1S/C13H19N3O/c1-9-8-12(10(2)16-15-9)13(17)14-11-6-4-3-5-7-11/h8,11H,3-7H2,1-2H3,(H,14,17). The Kier molecular flexibility index (Phi) is 3.71. The van der Waals surface area contributed by atoms with Crippen molar-refractivity contribution in [3.63, 3.8) is 0 Å². The van der Waals surface area contributed by atoms with E-state index in [2.05, 4.69) is 15.5 Å². The molecule has 0 radical (unpaired) electrons. The molecule has 17 heavy (non-hydrogen) atoms. The number of hydrogen-bond acceptors (Lipinski definition) is 3. The van der Waals surface area contributed by atoms with Crippen molar-refractivity contribution in [3.8, 4) is 0 Å². The molecule has 2 rings (SSSR count). The number of rotatable bonds is 2. The highest BCUT2D eigenvalue weighted by atomic mass is 16.1. The van der Waals surface area contributed by atoms with Crippen LogP contribution < -0.4 is 5.32 Å². The molecule has 1 heterocycles. The Morgan fingerprint density at radius 2 is 1.94 bits per heavy atom. The van der Waals surface area contributed by atoms with E-state index in [1.807, 2.05) is 13.8 Å². The summed E-state index contributed by atoms with van der Waals surface area (Å²) in [7, 11) is 0. The highest BCUT2D eigenvalue weighted by Crippen LogP contribution is 2.18. The van der Waals surface area contributed by atoms with E-state index in [9.17, 15) is 4.79 Å². The van der Waals surface area contributed by atoms with Gasteiger partial charge in [-0.15, -0.1) is 0 Å². The third-order valence-corrected chi connectivity index (χ3v) is 3.29. The highest BCUT2D eigenvalue weighted by molar-refractivity contribution is 5.95. The van der Waals surface area contributed by atoms with Gasteiger partial charge in [0.15, 0.2) is 0 Å². The topological polar surface area (TPSA) is 54.9 Å². The van der Waals surface area contributed by atoms with Gasteiger partial charge >= 0.3 is 0 Å². The molecule has 0 bridgehead atoms. The van der Waals surface area contributed by atoms with Gasteiger partial charge in [0.1, 0.15) is 0 Å². The summed E-state index contributed by atoms with van der Waals surface area (Å²) >= 11 is 0. The summed E-state index contributed by atoms with van der Waals surface area (Å²) in [5.41, 5.74) is 2.14. The second-order valence-corrected chi connectivity index (χ2v) is 4.79. The zero-order valence-corrected chi connectivity index (χ0v) is 10.5. The van der Waals surface area contributed by atoms with Crippen LogP contribution in [-0.2, 0) is 0 Å². The fourth-order valence-electron chi connectivity index (χ4n) is 2.29. The van der Waals surface area contributed by atoms with Crippen molar-refractivity contribution in [1.82, 2.24) is 15.5 Å². The zero-order chi connectivity index (χ0) is 12.3. The summed E-state index contributed by atoms with van der Waals surface area (Å²) in [4.78, 5) is 12.1. The first-order chi connectivity index (χ1) is 8.16. The molecule has 4 heteroatoms. The molecule has 0 atom stereocenters. The lowest BCUT2D eigenvalue weighted by molar-refractivity contribution is 0.0926. The smallest absolute Gasteiger partial charge is 0.253 e. The summed E-state index contributed by atoms with van der Waals surface area (Å²) in [6, 6.07) is 2.14. The predicted octanol–water partition coefficient (Wildman–Crippen LogP) is 2.16. The van der Waals surface area contributed by atoms with E-state index >= 15 is 0 Å². The van der Waals surface area contributed by atoms with Crippen LogP contribution in [0.4, 0.5) is 0 Å². The Hall–Kier alpha value is -1.45. The van der Waals surface area contributed by atoms with E-state index in [1.165, 1.54) is 19.3 Å². The van der Waals surface area contributed by atoms with Crippen LogP contribution in [0.1, 0.15) is 53.8 Å². The van der Waals surface area contributed by atoms with Gasteiger partial charge in [-0.1, -0.05) is 19.3 Å². The van der Waals surface area contributed by atoms with Crippen molar-refractivity contribution in [3.05, 3.63) is 23.0 Å². The van der Waals surface area contributed by atoms with E-state index in [1.54, 1.807) is 6.07 Å². The summed E-state index contributed by atoms with van der Waals surface area (Å²) in [6.07, 6.45) is 5.93. The Morgan fingerprint density at radius 3 is 2.65 bits per heavy atom. The van der Waals surface area contributed by atoms with Gasteiger partial charge in [-0.25, -0.2) is 0 Å². The van der Waals surface area contributed by atoms with Crippen LogP contribution in [0.15, 0.2) is 6.07 Å². The number of carbonyl (C=O) groups excluding carboxylic acids is 1. The average Bonchev–Trinajstić information content (AvgIpc) is 2.33. The van der Waals surface area contributed by atoms with Crippen molar-refractivity contribution in [2.24, 2.45) is 0 Å². The normalized spacial score (nSPS) is 16.8. The Bertz CT molecular complexity index is 411. The fraction of sp³-hybridized carbons (Fsp3) is 0.615. The van der Waals surface area contributed by atoms with Crippen LogP contribution in [0.5, 0.6) is 0 Å². The van der Waals surface area contributed by atoms with Crippen molar-refractivity contribution in [2.75, 3.05) is 0 Å². The predicted molar refractivity (Wildman–Crippen MR) is 65.8 cm³/mol. The molecule has 0 aliphatic heterocycles. The first kappa shape index (κ1) is 12.0. The van der Waals surface area contributed by atoms with Crippen LogP contribution in [-0.4, -0.2) is 22.1 Å². The molecule has 1 saturated carbocycles. The van der Waals surface area contributed by atoms with Crippen LogP contribution in [0, 0.1) is 13.8 Å². The van der Waals surface area contributed by atoms with Gasteiger partial charge < -0.3 is 5.32 Å². The Morgan fingerprint density at radius 1 is 1.24 bits per heavy atom. The molecule has 0 aromatic carbocycles. The van der Waals surface area contributed by atoms with E-state index < -0.39 is 0 Å². The third-order valence-electron chi connectivity index (χ3n) is 3.29. The molecular formula is C13H19N3O. The molecule has 1 N–H and O–H groups in total. The van der Waals surface area contributed by atoms with Crippen LogP contribution >= 0.6 is 0 Å². The van der Waals surface area contributed by atoms with E-state index in [0.717, 1.165) is 18.5 Å². The van der Waals surface area contributed by atoms with Crippen molar-refractivity contribution < 1.29 is 4.79 Å². The monoisotopic (exact) mass is 233 g/mol. The number of carbonyl (C=O) groups is 1. The highest BCUT2D eigenvalue weighted by Gasteiger charge is 2.18. The molecule has 1 aromatic rings. The zero-order valence-electron chi connectivity index (χ0n) is 10.5. The number of aryl methyl sites for hydroxylation is 2. The maximum Gasteiger partial charge on any atom is 0.253 e. The second-order valence-electron chi connectivity index (χ2n) is 4.79. The SMILES string of the molecule is Cc1cc(C(=O)NC2CCCCC2)c(C)nn1. The first-order valence-electron chi connectivity index (χ1n) is 6.28. The molecule has 4 nitrogen and oxygen atoms in total. The molecule has 1 amide bonds. The molecule has 0 unspecified atom stereocenters. The van der Waals surface area contributed by atoms with Crippen molar-refractivity contribution in [1.29, 1.82) is 0 Å². The number of nitrogens with zero attached hydrogens (tertiary/aromatic N) is 2. The molecule has 1 aliphatic rings.